The number of piperidine rings is 1. The molecule has 5 aliphatic heterocycles. The molecule has 5 aliphatic rings. The molecule has 3 N–H and O–H groups in total. The molecular weight excluding hydrogens is 624 g/mol. The van der Waals surface area contributed by atoms with Crippen LogP contribution in [0.3, 0.4) is 0 Å². The van der Waals surface area contributed by atoms with Gasteiger partial charge >= 0.3 is 12.0 Å². The molecule has 8 rings (SSSR count). The summed E-state index contributed by atoms with van der Waals surface area (Å²) in [6.45, 7) is 5.74. The normalized spacial score (nSPS) is 27.3. The van der Waals surface area contributed by atoms with Crippen LogP contribution < -0.4 is 25.2 Å². The summed E-state index contributed by atoms with van der Waals surface area (Å²) < 4.78 is 36.0. The van der Waals surface area contributed by atoms with Gasteiger partial charge in [0, 0.05) is 55.3 Å². The van der Waals surface area contributed by atoms with Crippen molar-refractivity contribution in [1.82, 2.24) is 25.5 Å². The first kappa shape index (κ1) is 30.5. The van der Waals surface area contributed by atoms with E-state index in [0.717, 1.165) is 72.3 Å². The zero-order valence-electron chi connectivity index (χ0n) is 26.5. The maximum absolute atomic E-state index is 15.0. The molecule has 2 amide bonds. The van der Waals surface area contributed by atoms with E-state index in [9.17, 15) is 14.3 Å². The van der Waals surface area contributed by atoms with Gasteiger partial charge in [-0.05, 0) is 68.2 Å². The van der Waals surface area contributed by atoms with Crippen LogP contribution in [0.25, 0.3) is 10.8 Å². The highest BCUT2D eigenvalue weighted by Crippen LogP contribution is 2.42. The average molecular weight is 664 g/mol. The van der Waals surface area contributed by atoms with Crippen LogP contribution in [0.15, 0.2) is 24.3 Å². The number of hydrogen-bond acceptors (Lipinski definition) is 9. The number of aromatic nitrogens is 2. The van der Waals surface area contributed by atoms with E-state index in [4.69, 9.17) is 26.9 Å². The average Bonchev–Trinajstić information content (AvgIpc) is 3.67. The number of hydrogen-bond donors (Lipinski definition) is 3. The first-order chi connectivity index (χ1) is 22.7. The topological polar surface area (TPSA) is 106 Å². The summed E-state index contributed by atoms with van der Waals surface area (Å²) in [6.07, 6.45) is 4.11. The van der Waals surface area contributed by atoms with Gasteiger partial charge in [-0.15, -0.1) is 0 Å². The number of thiocarbonyl (C=S) groups is 1. The van der Waals surface area contributed by atoms with Crippen molar-refractivity contribution in [1.29, 1.82) is 0 Å². The first-order valence-electron chi connectivity index (χ1n) is 16.7. The zero-order chi connectivity index (χ0) is 32.5. The van der Waals surface area contributed by atoms with Crippen LogP contribution in [0.5, 0.6) is 11.8 Å². The Labute approximate surface area is 277 Å². The van der Waals surface area contributed by atoms with Crippen LogP contribution in [0.4, 0.5) is 25.1 Å². The molecule has 47 heavy (non-hydrogen) atoms. The third-order valence-corrected chi connectivity index (χ3v) is 11.4. The van der Waals surface area contributed by atoms with E-state index in [1.165, 1.54) is 6.07 Å². The predicted molar refractivity (Wildman–Crippen MR) is 179 cm³/mol. The first-order valence-corrected chi connectivity index (χ1v) is 17.1. The molecule has 3 atom stereocenters. The Kier molecular flexibility index (Phi) is 7.39. The van der Waals surface area contributed by atoms with E-state index >= 15 is 4.39 Å². The number of aromatic hydroxyl groups is 1. The number of amides is 2. The Bertz CT molecular complexity index is 1790. The van der Waals surface area contributed by atoms with Crippen molar-refractivity contribution in [3.63, 3.8) is 0 Å². The molecular formula is C34H39F2N7O3S. The Hall–Kier alpha value is -3.84. The van der Waals surface area contributed by atoms with Crippen molar-refractivity contribution in [2.24, 2.45) is 0 Å². The Morgan fingerprint density at radius 3 is 2.81 bits per heavy atom. The molecule has 0 saturated carbocycles. The van der Waals surface area contributed by atoms with Crippen molar-refractivity contribution in [2.45, 2.75) is 75.7 Å². The summed E-state index contributed by atoms with van der Waals surface area (Å²) in [4.78, 5) is 29.3. The van der Waals surface area contributed by atoms with E-state index < -0.39 is 11.7 Å². The second-order valence-corrected chi connectivity index (χ2v) is 14.2. The van der Waals surface area contributed by atoms with Crippen molar-refractivity contribution in [2.75, 3.05) is 49.1 Å². The van der Waals surface area contributed by atoms with Crippen LogP contribution in [0.2, 0.25) is 0 Å². The number of anilines is 2. The molecule has 1 aromatic heterocycles. The minimum Gasteiger partial charge on any atom is -0.508 e. The zero-order valence-corrected chi connectivity index (χ0v) is 27.3. The van der Waals surface area contributed by atoms with Gasteiger partial charge in [-0.3, -0.25) is 4.90 Å². The van der Waals surface area contributed by atoms with Crippen molar-refractivity contribution < 1.29 is 23.4 Å². The number of carbonyl (C=O) groups is 1. The van der Waals surface area contributed by atoms with Crippen LogP contribution in [-0.2, 0) is 19.4 Å². The molecule has 4 saturated heterocycles. The minimum absolute atomic E-state index is 0.115. The van der Waals surface area contributed by atoms with Gasteiger partial charge in [0.15, 0.2) is 0 Å². The van der Waals surface area contributed by atoms with Crippen LogP contribution >= 0.6 is 12.2 Å². The lowest BCUT2D eigenvalue weighted by molar-refractivity contribution is 0.107. The molecule has 1 unspecified atom stereocenters. The van der Waals surface area contributed by atoms with Gasteiger partial charge in [-0.2, -0.15) is 9.97 Å². The van der Waals surface area contributed by atoms with E-state index in [1.807, 2.05) is 6.92 Å². The molecule has 0 radical (unpaired) electrons. The lowest BCUT2D eigenvalue weighted by atomic mass is 9.89. The van der Waals surface area contributed by atoms with E-state index in [0.29, 0.717) is 62.6 Å². The fraction of sp³-hybridized carbons (Fsp3) is 0.529. The maximum atomic E-state index is 15.0. The second-order valence-electron chi connectivity index (χ2n) is 13.7. The van der Waals surface area contributed by atoms with Gasteiger partial charge in [0.1, 0.15) is 40.7 Å². The number of rotatable bonds is 6. The number of fused-ring (bicyclic) bond motifs is 3. The number of benzene rings is 2. The maximum Gasteiger partial charge on any atom is 0.320 e. The molecule has 248 valence electrons. The Balaban J connectivity index is 1.17. The third kappa shape index (κ3) is 5.13. The highest BCUT2D eigenvalue weighted by atomic mass is 32.1. The van der Waals surface area contributed by atoms with E-state index in [-0.39, 0.29) is 29.1 Å². The number of aryl methyl sites for hydroxylation is 1. The molecule has 13 heteroatoms. The lowest BCUT2D eigenvalue weighted by Gasteiger charge is -2.41. The van der Waals surface area contributed by atoms with Gasteiger partial charge in [0.2, 0.25) is 0 Å². The number of ether oxygens (including phenoxy) is 1. The smallest absolute Gasteiger partial charge is 0.320 e. The summed E-state index contributed by atoms with van der Waals surface area (Å²) >= 11 is 5.61. The summed E-state index contributed by atoms with van der Waals surface area (Å²) in [7, 11) is 0. The summed E-state index contributed by atoms with van der Waals surface area (Å²) in [5, 5.41) is 18.1. The highest BCUT2D eigenvalue weighted by Gasteiger charge is 2.50. The number of urea groups is 1. The number of phenols is 1. The summed E-state index contributed by atoms with van der Waals surface area (Å²) in [6, 6.07) is 6.50. The molecule has 2 aromatic carbocycles. The quantitative estimate of drug-likeness (QED) is 0.328. The number of nitrogens with zero attached hydrogens (tertiary/aromatic N) is 5. The summed E-state index contributed by atoms with van der Waals surface area (Å²) in [5.41, 5.74) is 2.12. The standard InChI is InChI=1S/C34H39F2N7O3S/c1-2-23-25(36)6-5-20-13-22(44)14-27(28(20)23)41-12-7-24-26(17-41)37-32(46-19-33-8-3-11-43(33)16-21(35)15-33)38-29(24)42-10-4-9-34(18-42)30(47)39-31(45)40-34/h5-6,13-14,21,44H,2-4,7-12,15-19H2,1H3,(H2,39,40,45,47)/t21-,33+,34?/m1/s1. The van der Waals surface area contributed by atoms with Crippen molar-refractivity contribution in [3.05, 3.63) is 46.9 Å². The number of phenolic OH excluding ortho intramolecular Hbond substituents is 1. The Morgan fingerprint density at radius 2 is 2.00 bits per heavy atom. The van der Waals surface area contributed by atoms with Gasteiger partial charge < -0.3 is 30.3 Å². The molecule has 4 fully saturated rings. The van der Waals surface area contributed by atoms with Crippen LogP contribution in [0, 0.1) is 5.82 Å². The van der Waals surface area contributed by atoms with Gasteiger partial charge in [0.25, 0.3) is 0 Å². The largest absolute Gasteiger partial charge is 0.508 e. The van der Waals surface area contributed by atoms with Crippen molar-refractivity contribution >= 4 is 45.5 Å². The number of carbonyl (C=O) groups excluding carboxylic acids is 1. The molecule has 10 nitrogen and oxygen atoms in total. The van der Waals surface area contributed by atoms with Crippen molar-refractivity contribution in [3.8, 4) is 11.8 Å². The number of halogens is 2. The van der Waals surface area contributed by atoms with Crippen LogP contribution in [0.1, 0.15) is 55.8 Å². The van der Waals surface area contributed by atoms with Gasteiger partial charge in [0.05, 0.1) is 17.8 Å². The number of alkyl halides is 1. The minimum atomic E-state index is -0.869. The SMILES string of the molecule is CCc1c(F)ccc2cc(O)cc(N3CCc4c(nc(OC[C@@]56CCCN5C[C@H](F)C6)nc4N4CCCC5(C4)NC(=O)NC5=S)C3)c12. The lowest BCUT2D eigenvalue weighted by Crippen LogP contribution is -2.58. The highest BCUT2D eigenvalue weighted by molar-refractivity contribution is 7.80. The molecule has 1 spiro atoms. The number of nitrogens with one attached hydrogen (secondary N) is 2. The molecule has 0 aliphatic carbocycles. The predicted octanol–water partition coefficient (Wildman–Crippen LogP) is 4.53. The molecule has 0 bridgehead atoms. The van der Waals surface area contributed by atoms with E-state index in [1.54, 1.807) is 18.2 Å². The monoisotopic (exact) mass is 663 g/mol. The van der Waals surface area contributed by atoms with Crippen LogP contribution in [-0.4, -0.2) is 87.6 Å². The van der Waals surface area contributed by atoms with Gasteiger partial charge in [-0.25, -0.2) is 13.6 Å². The second kappa shape index (κ2) is 11.4. The summed E-state index contributed by atoms with van der Waals surface area (Å²) in [5.74, 6) is 0.603. The molecule has 6 heterocycles. The van der Waals surface area contributed by atoms with E-state index in [2.05, 4.69) is 25.3 Å². The third-order valence-electron chi connectivity index (χ3n) is 10.9. The molecule has 3 aromatic rings. The van der Waals surface area contributed by atoms with Gasteiger partial charge in [-0.1, -0.05) is 25.2 Å². The Morgan fingerprint density at radius 1 is 1.15 bits per heavy atom. The fourth-order valence-electron chi connectivity index (χ4n) is 8.69. The fourth-order valence-corrected chi connectivity index (χ4v) is 9.00.